The van der Waals surface area contributed by atoms with Crippen LogP contribution in [0.3, 0.4) is 0 Å². The van der Waals surface area contributed by atoms with Crippen molar-refractivity contribution in [2.24, 2.45) is 5.73 Å². The van der Waals surface area contributed by atoms with Crippen LogP contribution in [0.15, 0.2) is 12.1 Å². The van der Waals surface area contributed by atoms with E-state index < -0.39 is 11.7 Å². The standard InChI is InChI=1S/C9H7FN2O2/c10-6-2-1-4(9(11)14)5-3-7(13)12-8(5)6/h1-2H,3H2,(H2,11,14)(H,12,13). The number of carbonyl (C=O) groups excluding carboxylic acids is 2. The Morgan fingerprint density at radius 3 is 2.86 bits per heavy atom. The summed E-state index contributed by atoms with van der Waals surface area (Å²) in [6.07, 6.45) is 0.00532. The van der Waals surface area contributed by atoms with Gasteiger partial charge in [-0.1, -0.05) is 0 Å². The molecule has 5 heteroatoms. The highest BCUT2D eigenvalue weighted by Crippen LogP contribution is 2.28. The summed E-state index contributed by atoms with van der Waals surface area (Å²) in [6.45, 7) is 0. The number of nitrogens with one attached hydrogen (secondary N) is 1. The number of anilines is 1. The monoisotopic (exact) mass is 194 g/mol. The molecule has 1 aliphatic rings. The van der Waals surface area contributed by atoms with Gasteiger partial charge in [-0.2, -0.15) is 0 Å². The SMILES string of the molecule is NC(=O)c1ccc(F)c2c1CC(=O)N2. The molecule has 1 aromatic rings. The van der Waals surface area contributed by atoms with Gasteiger partial charge in [0, 0.05) is 11.1 Å². The number of primary amides is 1. The number of hydrogen-bond acceptors (Lipinski definition) is 2. The molecule has 0 radical (unpaired) electrons. The molecule has 1 aliphatic heterocycles. The minimum absolute atomic E-state index is 0.00532. The molecule has 0 aliphatic carbocycles. The van der Waals surface area contributed by atoms with E-state index >= 15 is 0 Å². The van der Waals surface area contributed by atoms with E-state index in [9.17, 15) is 14.0 Å². The second-order valence-corrected chi connectivity index (χ2v) is 3.04. The van der Waals surface area contributed by atoms with Gasteiger partial charge in [-0.05, 0) is 12.1 Å². The first kappa shape index (κ1) is 8.68. The van der Waals surface area contributed by atoms with E-state index in [1.54, 1.807) is 0 Å². The molecule has 0 spiro atoms. The lowest BCUT2D eigenvalue weighted by Gasteiger charge is -2.03. The number of amides is 2. The van der Waals surface area contributed by atoms with E-state index in [4.69, 9.17) is 5.73 Å². The number of carbonyl (C=O) groups is 2. The van der Waals surface area contributed by atoms with Crippen molar-refractivity contribution in [3.63, 3.8) is 0 Å². The van der Waals surface area contributed by atoms with Crippen molar-refractivity contribution in [1.82, 2.24) is 0 Å². The molecular weight excluding hydrogens is 187 g/mol. The normalized spacial score (nSPS) is 13.6. The molecule has 0 atom stereocenters. The number of nitrogens with two attached hydrogens (primary N) is 1. The predicted molar refractivity (Wildman–Crippen MR) is 47.3 cm³/mol. The highest BCUT2D eigenvalue weighted by Gasteiger charge is 2.25. The summed E-state index contributed by atoms with van der Waals surface area (Å²) in [6, 6.07) is 2.40. The van der Waals surface area contributed by atoms with Crippen molar-refractivity contribution in [3.05, 3.63) is 29.1 Å². The molecule has 2 rings (SSSR count). The van der Waals surface area contributed by atoms with E-state index in [1.165, 1.54) is 6.07 Å². The maximum Gasteiger partial charge on any atom is 0.249 e. The minimum atomic E-state index is -0.655. The van der Waals surface area contributed by atoms with E-state index in [0.717, 1.165) is 6.07 Å². The molecule has 72 valence electrons. The fourth-order valence-electron chi connectivity index (χ4n) is 1.51. The fraction of sp³-hybridized carbons (Fsp3) is 0.111. The first-order valence-electron chi connectivity index (χ1n) is 4.00. The van der Waals surface area contributed by atoms with E-state index in [2.05, 4.69) is 5.32 Å². The van der Waals surface area contributed by atoms with Crippen LogP contribution >= 0.6 is 0 Å². The van der Waals surface area contributed by atoms with Gasteiger partial charge in [0.2, 0.25) is 11.8 Å². The second-order valence-electron chi connectivity index (χ2n) is 3.04. The lowest BCUT2D eigenvalue weighted by atomic mass is 10.0. The third-order valence-corrected chi connectivity index (χ3v) is 2.13. The summed E-state index contributed by atoms with van der Waals surface area (Å²) in [7, 11) is 0. The number of hydrogen-bond donors (Lipinski definition) is 2. The van der Waals surface area contributed by atoms with Crippen LogP contribution in [0.4, 0.5) is 10.1 Å². The van der Waals surface area contributed by atoms with Crippen molar-refractivity contribution in [1.29, 1.82) is 0 Å². The Morgan fingerprint density at radius 2 is 2.21 bits per heavy atom. The van der Waals surface area contributed by atoms with Gasteiger partial charge in [0.1, 0.15) is 5.82 Å². The van der Waals surface area contributed by atoms with Crippen LogP contribution < -0.4 is 11.1 Å². The Kier molecular flexibility index (Phi) is 1.73. The van der Waals surface area contributed by atoms with Crippen LogP contribution in [0, 0.1) is 5.82 Å². The smallest absolute Gasteiger partial charge is 0.249 e. The maximum atomic E-state index is 13.1. The highest BCUT2D eigenvalue weighted by atomic mass is 19.1. The van der Waals surface area contributed by atoms with Crippen LogP contribution in [0.5, 0.6) is 0 Å². The van der Waals surface area contributed by atoms with Crippen LogP contribution in [0.2, 0.25) is 0 Å². The third kappa shape index (κ3) is 1.14. The molecule has 14 heavy (non-hydrogen) atoms. The summed E-state index contributed by atoms with van der Waals surface area (Å²) in [5.41, 5.74) is 5.70. The van der Waals surface area contributed by atoms with E-state index in [0.29, 0.717) is 5.56 Å². The first-order valence-corrected chi connectivity index (χ1v) is 4.00. The summed E-state index contributed by atoms with van der Waals surface area (Å²) in [5, 5.41) is 2.34. The average Bonchev–Trinajstić information content (AvgIpc) is 2.47. The van der Waals surface area contributed by atoms with Gasteiger partial charge in [0.05, 0.1) is 12.1 Å². The van der Waals surface area contributed by atoms with Crippen LogP contribution in [0.25, 0.3) is 0 Å². The average molecular weight is 194 g/mol. The quantitative estimate of drug-likeness (QED) is 0.680. The number of halogens is 1. The van der Waals surface area contributed by atoms with Crippen molar-refractivity contribution in [2.45, 2.75) is 6.42 Å². The Bertz CT molecular complexity index is 443. The van der Waals surface area contributed by atoms with Crippen molar-refractivity contribution in [2.75, 3.05) is 5.32 Å². The van der Waals surface area contributed by atoms with Crippen LogP contribution in [-0.2, 0) is 11.2 Å². The third-order valence-electron chi connectivity index (χ3n) is 2.13. The highest BCUT2D eigenvalue weighted by molar-refractivity contribution is 6.05. The van der Waals surface area contributed by atoms with Gasteiger partial charge in [-0.15, -0.1) is 0 Å². The lowest BCUT2D eigenvalue weighted by Crippen LogP contribution is -2.13. The maximum absolute atomic E-state index is 13.1. The molecule has 1 heterocycles. The van der Waals surface area contributed by atoms with Crippen molar-refractivity contribution < 1.29 is 14.0 Å². The molecule has 3 N–H and O–H groups in total. The van der Waals surface area contributed by atoms with Gasteiger partial charge in [-0.25, -0.2) is 4.39 Å². The molecule has 1 aromatic carbocycles. The zero-order valence-electron chi connectivity index (χ0n) is 7.13. The van der Waals surface area contributed by atoms with Crippen molar-refractivity contribution in [3.8, 4) is 0 Å². The Labute approximate surface area is 78.9 Å². The Hall–Kier alpha value is -1.91. The zero-order valence-corrected chi connectivity index (χ0v) is 7.13. The first-order chi connectivity index (χ1) is 6.59. The molecule has 0 bridgehead atoms. The molecule has 0 saturated heterocycles. The van der Waals surface area contributed by atoms with Gasteiger partial charge in [0.15, 0.2) is 0 Å². The Balaban J connectivity index is 2.64. The molecule has 2 amide bonds. The van der Waals surface area contributed by atoms with Crippen LogP contribution in [-0.4, -0.2) is 11.8 Å². The molecule has 0 aromatic heterocycles. The van der Waals surface area contributed by atoms with Gasteiger partial charge >= 0.3 is 0 Å². The zero-order chi connectivity index (χ0) is 10.3. The topological polar surface area (TPSA) is 72.2 Å². The largest absolute Gasteiger partial charge is 0.366 e. The van der Waals surface area contributed by atoms with Crippen molar-refractivity contribution >= 4 is 17.5 Å². The predicted octanol–water partition coefficient (Wildman–Crippen LogP) is 0.419. The van der Waals surface area contributed by atoms with E-state index in [-0.39, 0.29) is 23.6 Å². The van der Waals surface area contributed by atoms with Gasteiger partial charge < -0.3 is 11.1 Å². The fourth-order valence-corrected chi connectivity index (χ4v) is 1.51. The molecule has 4 nitrogen and oxygen atoms in total. The Morgan fingerprint density at radius 1 is 1.50 bits per heavy atom. The summed E-state index contributed by atoms with van der Waals surface area (Å²) in [4.78, 5) is 21.9. The van der Waals surface area contributed by atoms with Gasteiger partial charge in [0.25, 0.3) is 0 Å². The van der Waals surface area contributed by atoms with E-state index in [1.807, 2.05) is 0 Å². The second kappa shape index (κ2) is 2.80. The summed E-state index contributed by atoms with van der Waals surface area (Å²) in [5.74, 6) is -1.53. The summed E-state index contributed by atoms with van der Waals surface area (Å²) >= 11 is 0. The number of rotatable bonds is 1. The number of fused-ring (bicyclic) bond motifs is 1. The molecular formula is C9H7FN2O2. The molecule has 0 saturated carbocycles. The lowest BCUT2D eigenvalue weighted by molar-refractivity contribution is -0.115. The summed E-state index contributed by atoms with van der Waals surface area (Å²) < 4.78 is 13.1. The molecule has 0 unspecified atom stereocenters. The van der Waals surface area contributed by atoms with Crippen LogP contribution in [0.1, 0.15) is 15.9 Å². The minimum Gasteiger partial charge on any atom is -0.366 e. The van der Waals surface area contributed by atoms with Gasteiger partial charge in [-0.3, -0.25) is 9.59 Å². The molecule has 0 fully saturated rings. The number of benzene rings is 1.